The Kier molecular flexibility index (Phi) is 6.99. The van der Waals surface area contributed by atoms with Crippen LogP contribution in [0.5, 0.6) is 0 Å². The number of carbonyl (C=O) groups is 3. The molecule has 0 atom stereocenters. The van der Waals surface area contributed by atoms with Gasteiger partial charge in [0.15, 0.2) is 0 Å². The fourth-order valence-electron chi connectivity index (χ4n) is 2.52. The van der Waals surface area contributed by atoms with Gasteiger partial charge in [0.1, 0.15) is 0 Å². The number of thiophene rings is 1. The van der Waals surface area contributed by atoms with Gasteiger partial charge in [0.2, 0.25) is 5.91 Å². The van der Waals surface area contributed by atoms with Crippen molar-refractivity contribution in [1.82, 2.24) is 5.32 Å². The lowest BCUT2D eigenvalue weighted by atomic mass is 10.1. The van der Waals surface area contributed by atoms with Crippen LogP contribution in [0.3, 0.4) is 0 Å². The van der Waals surface area contributed by atoms with E-state index in [2.05, 4.69) is 16.0 Å². The van der Waals surface area contributed by atoms with Gasteiger partial charge in [0.05, 0.1) is 16.1 Å². The van der Waals surface area contributed by atoms with E-state index in [1.165, 1.54) is 11.3 Å². The van der Waals surface area contributed by atoms with Crippen LogP contribution in [0.2, 0.25) is 5.02 Å². The molecule has 0 bridgehead atoms. The van der Waals surface area contributed by atoms with Crippen LogP contribution in [0.1, 0.15) is 26.5 Å². The van der Waals surface area contributed by atoms with E-state index in [-0.39, 0.29) is 30.7 Å². The van der Waals surface area contributed by atoms with Crippen LogP contribution in [-0.2, 0) is 4.79 Å². The summed E-state index contributed by atoms with van der Waals surface area (Å²) in [5.74, 6) is -0.868. The minimum atomic E-state index is -0.353. The van der Waals surface area contributed by atoms with Gasteiger partial charge >= 0.3 is 0 Å². The van der Waals surface area contributed by atoms with Crippen molar-refractivity contribution in [3.8, 4) is 0 Å². The van der Waals surface area contributed by atoms with Crippen LogP contribution < -0.4 is 16.0 Å². The highest BCUT2D eigenvalue weighted by Crippen LogP contribution is 2.19. The monoisotopic (exact) mass is 427 g/mol. The number of rotatable bonds is 7. The normalized spacial score (nSPS) is 10.2. The number of nitrogens with one attached hydrogen (secondary N) is 3. The van der Waals surface area contributed by atoms with Crippen molar-refractivity contribution >= 4 is 52.0 Å². The first-order valence-corrected chi connectivity index (χ1v) is 10.1. The van der Waals surface area contributed by atoms with E-state index in [4.69, 9.17) is 11.6 Å². The maximum Gasteiger partial charge on any atom is 0.261 e. The number of carbonyl (C=O) groups excluding carboxylic acids is 3. The number of halogens is 1. The number of anilines is 2. The molecule has 8 heteroatoms. The molecular weight excluding hydrogens is 410 g/mol. The van der Waals surface area contributed by atoms with E-state index in [0.29, 0.717) is 26.8 Å². The lowest BCUT2D eigenvalue weighted by Crippen LogP contribution is -2.27. The number of hydrogen-bond donors (Lipinski definition) is 3. The van der Waals surface area contributed by atoms with Crippen molar-refractivity contribution in [2.24, 2.45) is 0 Å². The SMILES string of the molecule is O=C(CCNC(=O)c1cccs1)Nc1ccccc1C(=O)Nc1ccc(Cl)cc1. The highest BCUT2D eigenvalue weighted by atomic mass is 35.5. The summed E-state index contributed by atoms with van der Waals surface area (Å²) < 4.78 is 0. The van der Waals surface area contributed by atoms with Gasteiger partial charge in [-0.1, -0.05) is 29.8 Å². The average molecular weight is 428 g/mol. The lowest BCUT2D eigenvalue weighted by molar-refractivity contribution is -0.116. The molecule has 1 aromatic heterocycles. The van der Waals surface area contributed by atoms with E-state index < -0.39 is 0 Å². The Bertz CT molecular complexity index is 1000. The first-order valence-electron chi connectivity index (χ1n) is 8.80. The molecule has 6 nitrogen and oxygen atoms in total. The Morgan fingerprint density at radius 3 is 2.34 bits per heavy atom. The van der Waals surface area contributed by atoms with Crippen molar-refractivity contribution in [3.05, 3.63) is 81.5 Å². The van der Waals surface area contributed by atoms with Crippen LogP contribution >= 0.6 is 22.9 Å². The van der Waals surface area contributed by atoms with Crippen molar-refractivity contribution in [3.63, 3.8) is 0 Å². The molecule has 0 unspecified atom stereocenters. The second-order valence-corrected chi connectivity index (χ2v) is 7.42. The molecule has 0 radical (unpaired) electrons. The van der Waals surface area contributed by atoms with E-state index >= 15 is 0 Å². The maximum absolute atomic E-state index is 12.6. The van der Waals surface area contributed by atoms with Gasteiger partial charge in [0, 0.05) is 23.7 Å². The van der Waals surface area contributed by atoms with Crippen LogP contribution in [0.25, 0.3) is 0 Å². The third-order valence-electron chi connectivity index (χ3n) is 3.93. The maximum atomic E-state index is 12.6. The van der Waals surface area contributed by atoms with Gasteiger partial charge in [0.25, 0.3) is 11.8 Å². The van der Waals surface area contributed by atoms with Gasteiger partial charge in [-0.2, -0.15) is 0 Å². The molecule has 2 aromatic carbocycles. The molecule has 148 valence electrons. The largest absolute Gasteiger partial charge is 0.351 e. The van der Waals surface area contributed by atoms with Gasteiger partial charge < -0.3 is 16.0 Å². The summed E-state index contributed by atoms with van der Waals surface area (Å²) in [7, 11) is 0. The average Bonchev–Trinajstić information content (AvgIpc) is 3.25. The van der Waals surface area contributed by atoms with Crippen molar-refractivity contribution in [2.75, 3.05) is 17.2 Å². The summed E-state index contributed by atoms with van der Waals surface area (Å²) in [5.41, 5.74) is 1.32. The smallest absolute Gasteiger partial charge is 0.261 e. The van der Waals surface area contributed by atoms with Crippen LogP contribution in [0.15, 0.2) is 66.0 Å². The molecule has 3 amide bonds. The molecule has 3 N–H and O–H groups in total. The van der Waals surface area contributed by atoms with Crippen molar-refractivity contribution in [1.29, 1.82) is 0 Å². The number of para-hydroxylation sites is 1. The number of benzene rings is 2. The minimum absolute atomic E-state index is 0.0876. The van der Waals surface area contributed by atoms with Gasteiger partial charge in [-0.25, -0.2) is 0 Å². The molecule has 0 aliphatic carbocycles. The number of hydrogen-bond acceptors (Lipinski definition) is 4. The van der Waals surface area contributed by atoms with Crippen molar-refractivity contribution in [2.45, 2.75) is 6.42 Å². The van der Waals surface area contributed by atoms with E-state index in [9.17, 15) is 14.4 Å². The van der Waals surface area contributed by atoms with Gasteiger partial charge in [-0.15, -0.1) is 11.3 Å². The second-order valence-electron chi connectivity index (χ2n) is 6.04. The Morgan fingerprint density at radius 2 is 1.62 bits per heavy atom. The molecule has 0 spiro atoms. The topological polar surface area (TPSA) is 87.3 Å². The van der Waals surface area contributed by atoms with E-state index in [1.54, 1.807) is 60.7 Å². The Balaban J connectivity index is 1.56. The molecule has 3 rings (SSSR count). The first kappa shape index (κ1) is 20.6. The van der Waals surface area contributed by atoms with E-state index in [1.807, 2.05) is 5.38 Å². The van der Waals surface area contributed by atoms with Crippen LogP contribution in [-0.4, -0.2) is 24.3 Å². The molecule has 0 saturated carbocycles. The fraction of sp³-hybridized carbons (Fsp3) is 0.0952. The molecule has 0 aliphatic rings. The summed E-state index contributed by atoms with van der Waals surface area (Å²) in [6, 6.07) is 17.0. The highest BCUT2D eigenvalue weighted by Gasteiger charge is 2.14. The molecule has 1 heterocycles. The zero-order chi connectivity index (χ0) is 20.6. The summed E-state index contributed by atoms with van der Waals surface area (Å²) in [6.07, 6.45) is 0.0876. The Morgan fingerprint density at radius 1 is 0.862 bits per heavy atom. The number of amides is 3. The molecule has 0 aliphatic heterocycles. The lowest BCUT2D eigenvalue weighted by Gasteiger charge is -2.12. The highest BCUT2D eigenvalue weighted by molar-refractivity contribution is 7.12. The molecule has 3 aromatic rings. The van der Waals surface area contributed by atoms with Gasteiger partial charge in [-0.3, -0.25) is 14.4 Å². The molecule has 0 fully saturated rings. The Hall–Kier alpha value is -3.16. The van der Waals surface area contributed by atoms with E-state index in [0.717, 1.165) is 0 Å². The zero-order valence-electron chi connectivity index (χ0n) is 15.3. The van der Waals surface area contributed by atoms with Crippen LogP contribution in [0.4, 0.5) is 11.4 Å². The molecular formula is C21H18ClN3O3S. The first-order chi connectivity index (χ1) is 14.0. The summed E-state index contributed by atoms with van der Waals surface area (Å²) >= 11 is 7.19. The predicted octanol–water partition coefficient (Wildman–Crippen LogP) is 4.41. The summed E-state index contributed by atoms with van der Waals surface area (Å²) in [6.45, 7) is 0.196. The molecule has 29 heavy (non-hydrogen) atoms. The van der Waals surface area contributed by atoms with Crippen LogP contribution in [0, 0.1) is 0 Å². The molecule has 0 saturated heterocycles. The third-order valence-corrected chi connectivity index (χ3v) is 5.05. The summed E-state index contributed by atoms with van der Waals surface area (Å²) in [4.78, 5) is 37.3. The van der Waals surface area contributed by atoms with Crippen molar-refractivity contribution < 1.29 is 14.4 Å². The van der Waals surface area contributed by atoms with Gasteiger partial charge in [-0.05, 0) is 47.8 Å². The summed E-state index contributed by atoms with van der Waals surface area (Å²) in [5, 5.41) is 10.6. The predicted molar refractivity (Wildman–Crippen MR) is 116 cm³/mol. The minimum Gasteiger partial charge on any atom is -0.351 e. The second kappa shape index (κ2) is 9.86. The quantitative estimate of drug-likeness (QED) is 0.521. The zero-order valence-corrected chi connectivity index (χ0v) is 16.8. The standard InChI is InChI=1S/C21H18ClN3O3S/c22-14-7-9-15(10-8-14)24-20(27)16-4-1-2-5-17(16)25-19(26)11-12-23-21(28)18-6-3-13-29-18/h1-10,13H,11-12H2,(H,23,28)(H,24,27)(H,25,26). The third kappa shape index (κ3) is 5.91. The fourth-order valence-corrected chi connectivity index (χ4v) is 3.28. The Labute approximate surface area is 176 Å².